The molecule has 25 heavy (non-hydrogen) atoms. The number of para-hydroxylation sites is 1. The van der Waals surface area contributed by atoms with Crippen LogP contribution in [-0.4, -0.2) is 55.6 Å². The second kappa shape index (κ2) is 10.3. The monoisotopic (exact) mass is 353 g/mol. The van der Waals surface area contributed by atoms with Crippen molar-refractivity contribution in [1.29, 1.82) is 0 Å². The van der Waals surface area contributed by atoms with Crippen LogP contribution in [0.5, 0.6) is 11.5 Å². The Balaban J connectivity index is 3.22. The van der Waals surface area contributed by atoms with E-state index in [2.05, 4.69) is 13.8 Å². The maximum atomic E-state index is 13.1. The van der Waals surface area contributed by atoms with Crippen LogP contribution < -0.4 is 4.74 Å². The zero-order chi connectivity index (χ0) is 19.0. The number of ether oxygens (including phenoxy) is 3. The fourth-order valence-corrected chi connectivity index (χ4v) is 2.88. The third kappa shape index (κ3) is 5.09. The molecule has 1 N–H and O–H groups in total. The van der Waals surface area contributed by atoms with Gasteiger partial charge in [0.15, 0.2) is 17.8 Å². The second-order valence-electron chi connectivity index (χ2n) is 5.93. The quantitative estimate of drug-likeness (QED) is 0.654. The first kappa shape index (κ1) is 21.3. The molecule has 1 amide bonds. The SMILES string of the molecule is CCOC(OCC)[C@H]([C@@H](C)CC)N(C)C(=O)c1cccc(O)c1OC. The third-order valence-corrected chi connectivity index (χ3v) is 4.36. The standard InChI is InChI=1S/C19H31NO5/c1-7-13(4)16(19(24-8-2)25-9-3)20(5)18(22)14-11-10-12-15(21)17(14)23-6/h10-13,16,19,21H,7-9H2,1-6H3/t13-,16-/m0/s1. The first-order valence-electron chi connectivity index (χ1n) is 8.79. The summed E-state index contributed by atoms with van der Waals surface area (Å²) in [6.07, 6.45) is 0.359. The summed E-state index contributed by atoms with van der Waals surface area (Å²) in [4.78, 5) is 14.7. The van der Waals surface area contributed by atoms with Crippen LogP contribution in [0.15, 0.2) is 18.2 Å². The van der Waals surface area contributed by atoms with Gasteiger partial charge in [-0.3, -0.25) is 4.79 Å². The highest BCUT2D eigenvalue weighted by Crippen LogP contribution is 2.32. The van der Waals surface area contributed by atoms with Gasteiger partial charge in [0.05, 0.1) is 18.7 Å². The molecule has 0 spiro atoms. The summed E-state index contributed by atoms with van der Waals surface area (Å²) in [5, 5.41) is 9.95. The number of benzene rings is 1. The van der Waals surface area contributed by atoms with E-state index in [4.69, 9.17) is 14.2 Å². The third-order valence-electron chi connectivity index (χ3n) is 4.36. The van der Waals surface area contributed by atoms with Gasteiger partial charge in [-0.25, -0.2) is 0 Å². The smallest absolute Gasteiger partial charge is 0.257 e. The van der Waals surface area contributed by atoms with Crippen LogP contribution in [0.25, 0.3) is 0 Å². The zero-order valence-corrected chi connectivity index (χ0v) is 16.1. The van der Waals surface area contributed by atoms with Crippen molar-refractivity contribution in [3.05, 3.63) is 23.8 Å². The Labute approximate surface area is 150 Å². The molecule has 1 aromatic rings. The number of hydrogen-bond acceptors (Lipinski definition) is 5. The van der Waals surface area contributed by atoms with Crippen molar-refractivity contribution < 1.29 is 24.1 Å². The van der Waals surface area contributed by atoms with E-state index in [1.165, 1.54) is 13.2 Å². The lowest BCUT2D eigenvalue weighted by molar-refractivity contribution is -0.176. The molecule has 0 saturated carbocycles. The molecule has 0 radical (unpaired) electrons. The maximum Gasteiger partial charge on any atom is 0.257 e. The molecule has 0 bridgehead atoms. The highest BCUT2D eigenvalue weighted by Gasteiger charge is 2.34. The minimum Gasteiger partial charge on any atom is -0.504 e. The number of carbonyl (C=O) groups is 1. The van der Waals surface area contributed by atoms with Crippen molar-refractivity contribution in [2.24, 2.45) is 5.92 Å². The highest BCUT2D eigenvalue weighted by atomic mass is 16.7. The Bertz CT molecular complexity index is 543. The molecule has 0 fully saturated rings. The van der Waals surface area contributed by atoms with E-state index in [0.717, 1.165) is 6.42 Å². The summed E-state index contributed by atoms with van der Waals surface area (Å²) in [6, 6.07) is 4.50. The normalized spacial score (nSPS) is 13.6. The first-order valence-corrected chi connectivity index (χ1v) is 8.79. The van der Waals surface area contributed by atoms with Gasteiger partial charge in [0, 0.05) is 20.3 Å². The van der Waals surface area contributed by atoms with E-state index in [-0.39, 0.29) is 29.4 Å². The summed E-state index contributed by atoms with van der Waals surface area (Å²) in [7, 11) is 3.16. The lowest BCUT2D eigenvalue weighted by Crippen LogP contribution is -2.50. The second-order valence-corrected chi connectivity index (χ2v) is 5.93. The molecule has 6 heteroatoms. The zero-order valence-electron chi connectivity index (χ0n) is 16.1. The molecule has 142 valence electrons. The lowest BCUT2D eigenvalue weighted by Gasteiger charge is -2.37. The van der Waals surface area contributed by atoms with Crippen molar-refractivity contribution in [3.8, 4) is 11.5 Å². The molecule has 0 heterocycles. The Hall–Kier alpha value is -1.79. The predicted molar refractivity (Wildman–Crippen MR) is 97.0 cm³/mol. The van der Waals surface area contributed by atoms with Gasteiger partial charge in [-0.1, -0.05) is 26.3 Å². The number of carbonyl (C=O) groups excluding carboxylic acids is 1. The fourth-order valence-electron chi connectivity index (χ4n) is 2.88. The van der Waals surface area contributed by atoms with Crippen LogP contribution in [0.3, 0.4) is 0 Å². The van der Waals surface area contributed by atoms with Crippen LogP contribution in [0.2, 0.25) is 0 Å². The van der Waals surface area contributed by atoms with Crippen LogP contribution in [-0.2, 0) is 9.47 Å². The summed E-state index contributed by atoms with van der Waals surface area (Å²) < 4.78 is 16.7. The molecule has 0 aliphatic rings. The van der Waals surface area contributed by atoms with Gasteiger partial charge in [-0.05, 0) is 31.9 Å². The molecule has 0 aliphatic carbocycles. The average Bonchev–Trinajstić information content (AvgIpc) is 2.61. The number of phenolic OH excluding ortho intramolecular Hbond substituents is 1. The molecular weight excluding hydrogens is 322 g/mol. The van der Waals surface area contributed by atoms with Gasteiger partial charge < -0.3 is 24.2 Å². The van der Waals surface area contributed by atoms with Crippen molar-refractivity contribution in [2.75, 3.05) is 27.4 Å². The van der Waals surface area contributed by atoms with Gasteiger partial charge in [0.1, 0.15) is 0 Å². The number of likely N-dealkylation sites (N-methyl/N-ethyl adjacent to an activating group) is 1. The number of hydrogen-bond donors (Lipinski definition) is 1. The minimum atomic E-state index is -0.512. The fraction of sp³-hybridized carbons (Fsp3) is 0.632. The van der Waals surface area contributed by atoms with Crippen molar-refractivity contribution in [3.63, 3.8) is 0 Å². The number of rotatable bonds is 10. The molecular formula is C19H31NO5. The summed E-state index contributed by atoms with van der Waals surface area (Å²) in [5.41, 5.74) is 0.310. The van der Waals surface area contributed by atoms with Crippen LogP contribution in [0.1, 0.15) is 44.5 Å². The number of aromatic hydroxyl groups is 1. The highest BCUT2D eigenvalue weighted by molar-refractivity contribution is 5.97. The Morgan fingerprint density at radius 1 is 1.20 bits per heavy atom. The number of methoxy groups -OCH3 is 1. The van der Waals surface area contributed by atoms with E-state index in [9.17, 15) is 9.90 Å². The van der Waals surface area contributed by atoms with Crippen LogP contribution in [0, 0.1) is 5.92 Å². The largest absolute Gasteiger partial charge is 0.504 e. The molecule has 1 rings (SSSR count). The molecule has 0 aliphatic heterocycles. The van der Waals surface area contributed by atoms with Crippen molar-refractivity contribution in [2.45, 2.75) is 46.4 Å². The topological polar surface area (TPSA) is 68.2 Å². The Kier molecular flexibility index (Phi) is 8.72. The maximum absolute atomic E-state index is 13.1. The van der Waals surface area contributed by atoms with Gasteiger partial charge in [-0.15, -0.1) is 0 Å². The average molecular weight is 353 g/mol. The van der Waals surface area contributed by atoms with Gasteiger partial charge in [-0.2, -0.15) is 0 Å². The predicted octanol–water partition coefficient (Wildman–Crippen LogP) is 3.29. The summed E-state index contributed by atoms with van der Waals surface area (Å²) in [5.74, 6) is 0.0300. The van der Waals surface area contributed by atoms with Crippen LogP contribution in [0.4, 0.5) is 0 Å². The number of phenols is 1. The summed E-state index contributed by atoms with van der Waals surface area (Å²) in [6.45, 7) is 8.93. The van der Waals surface area contributed by atoms with E-state index in [1.807, 2.05) is 13.8 Å². The van der Waals surface area contributed by atoms with E-state index < -0.39 is 6.29 Å². The molecule has 0 saturated heterocycles. The number of nitrogens with zero attached hydrogens (tertiary/aromatic N) is 1. The molecule has 0 unspecified atom stereocenters. The Morgan fingerprint density at radius 2 is 1.80 bits per heavy atom. The van der Waals surface area contributed by atoms with Gasteiger partial charge in [0.25, 0.3) is 5.91 Å². The molecule has 2 atom stereocenters. The van der Waals surface area contributed by atoms with E-state index >= 15 is 0 Å². The van der Waals surface area contributed by atoms with Gasteiger partial charge >= 0.3 is 0 Å². The lowest BCUT2D eigenvalue weighted by atomic mass is 9.96. The van der Waals surface area contributed by atoms with E-state index in [1.54, 1.807) is 24.1 Å². The van der Waals surface area contributed by atoms with E-state index in [0.29, 0.717) is 18.8 Å². The Morgan fingerprint density at radius 3 is 2.28 bits per heavy atom. The van der Waals surface area contributed by atoms with Crippen molar-refractivity contribution >= 4 is 5.91 Å². The van der Waals surface area contributed by atoms with Crippen molar-refractivity contribution in [1.82, 2.24) is 4.90 Å². The molecule has 0 aromatic heterocycles. The summed E-state index contributed by atoms with van der Waals surface area (Å²) >= 11 is 0. The minimum absolute atomic E-state index is 0.0620. The van der Waals surface area contributed by atoms with Crippen LogP contribution >= 0.6 is 0 Å². The molecule has 1 aromatic carbocycles. The number of amides is 1. The molecule has 6 nitrogen and oxygen atoms in total. The first-order chi connectivity index (χ1) is 11.9. The van der Waals surface area contributed by atoms with Gasteiger partial charge in [0.2, 0.25) is 0 Å².